The lowest BCUT2D eigenvalue weighted by Crippen LogP contribution is -2.04. The van der Waals surface area contributed by atoms with Gasteiger partial charge in [-0.05, 0) is 43.8 Å². The molecule has 1 aliphatic carbocycles. The molecule has 1 heterocycles. The summed E-state index contributed by atoms with van der Waals surface area (Å²) in [7, 11) is 0. The molecule has 15 heavy (non-hydrogen) atoms. The van der Waals surface area contributed by atoms with E-state index < -0.39 is 0 Å². The molecule has 4 heteroatoms. The van der Waals surface area contributed by atoms with E-state index in [1.807, 2.05) is 0 Å². The summed E-state index contributed by atoms with van der Waals surface area (Å²) in [5, 5.41) is 7.23. The minimum absolute atomic E-state index is 0.678. The summed E-state index contributed by atoms with van der Waals surface area (Å²) in [5.41, 5.74) is 0. The zero-order valence-electron chi connectivity index (χ0n) is 9.49. The van der Waals surface area contributed by atoms with E-state index in [1.165, 1.54) is 31.5 Å². The monoisotopic (exact) mass is 225 g/mol. The van der Waals surface area contributed by atoms with Crippen molar-refractivity contribution >= 4 is 12.2 Å². The Morgan fingerprint density at radius 1 is 1.53 bits per heavy atom. The van der Waals surface area contributed by atoms with Crippen LogP contribution in [0.4, 0.5) is 0 Å². The molecule has 0 aromatic carbocycles. The van der Waals surface area contributed by atoms with Gasteiger partial charge in [0.2, 0.25) is 0 Å². The molecule has 0 saturated heterocycles. The van der Waals surface area contributed by atoms with Crippen LogP contribution in [0.5, 0.6) is 0 Å². The molecule has 1 fully saturated rings. The summed E-state index contributed by atoms with van der Waals surface area (Å²) in [6.45, 7) is 5.55. The Morgan fingerprint density at radius 3 is 2.87 bits per heavy atom. The Kier molecular flexibility index (Phi) is 3.24. The molecule has 84 valence electrons. The van der Waals surface area contributed by atoms with Crippen molar-refractivity contribution in [3.05, 3.63) is 10.6 Å². The maximum atomic E-state index is 5.24. The Labute approximate surface area is 95.9 Å². The number of rotatable bonds is 5. The van der Waals surface area contributed by atoms with Crippen LogP contribution in [-0.4, -0.2) is 14.8 Å². The summed E-state index contributed by atoms with van der Waals surface area (Å²) < 4.78 is 2.98. The summed E-state index contributed by atoms with van der Waals surface area (Å²) in [6, 6.07) is 0. The first-order valence-electron chi connectivity index (χ1n) is 5.83. The van der Waals surface area contributed by atoms with Gasteiger partial charge in [-0.1, -0.05) is 13.8 Å². The minimum atomic E-state index is 0.678. The van der Waals surface area contributed by atoms with Crippen molar-refractivity contribution in [2.24, 2.45) is 5.92 Å². The van der Waals surface area contributed by atoms with Gasteiger partial charge in [0.15, 0.2) is 4.77 Å². The van der Waals surface area contributed by atoms with Gasteiger partial charge in [-0.15, -0.1) is 0 Å². The van der Waals surface area contributed by atoms with Crippen LogP contribution in [0.3, 0.4) is 0 Å². The molecule has 0 atom stereocenters. The molecule has 0 amide bonds. The van der Waals surface area contributed by atoms with E-state index in [0.29, 0.717) is 5.92 Å². The first-order valence-corrected chi connectivity index (χ1v) is 6.24. The lowest BCUT2D eigenvalue weighted by Gasteiger charge is -2.07. The molecule has 0 bridgehead atoms. The van der Waals surface area contributed by atoms with Gasteiger partial charge in [0, 0.05) is 12.5 Å². The number of nitrogens with one attached hydrogen (secondary N) is 1. The van der Waals surface area contributed by atoms with Gasteiger partial charge in [-0.3, -0.25) is 5.10 Å². The van der Waals surface area contributed by atoms with E-state index in [9.17, 15) is 0 Å². The van der Waals surface area contributed by atoms with Gasteiger partial charge in [0.1, 0.15) is 5.82 Å². The van der Waals surface area contributed by atoms with Crippen LogP contribution < -0.4 is 0 Å². The lowest BCUT2D eigenvalue weighted by atomic mass is 10.1. The minimum Gasteiger partial charge on any atom is -0.304 e. The number of H-pyrrole nitrogens is 1. The Morgan fingerprint density at radius 2 is 2.27 bits per heavy atom. The normalized spacial score (nSPS) is 16.2. The fourth-order valence-corrected chi connectivity index (χ4v) is 2.09. The van der Waals surface area contributed by atoms with Crippen LogP contribution in [-0.2, 0) is 6.54 Å². The maximum Gasteiger partial charge on any atom is 0.195 e. The highest BCUT2D eigenvalue weighted by Crippen LogP contribution is 2.38. The molecular weight excluding hydrogens is 206 g/mol. The zero-order chi connectivity index (χ0) is 10.8. The fraction of sp³-hybridized carbons (Fsp3) is 0.818. The van der Waals surface area contributed by atoms with Crippen LogP contribution in [0.15, 0.2) is 0 Å². The fourth-order valence-electron chi connectivity index (χ4n) is 1.86. The second-order valence-electron chi connectivity index (χ2n) is 4.85. The summed E-state index contributed by atoms with van der Waals surface area (Å²) in [4.78, 5) is 0. The molecule has 1 saturated carbocycles. The molecule has 1 aromatic rings. The van der Waals surface area contributed by atoms with Crippen molar-refractivity contribution in [3.8, 4) is 0 Å². The molecule has 0 radical (unpaired) electrons. The zero-order valence-corrected chi connectivity index (χ0v) is 10.3. The van der Waals surface area contributed by atoms with E-state index in [-0.39, 0.29) is 0 Å². The van der Waals surface area contributed by atoms with Gasteiger partial charge in [0.05, 0.1) is 0 Å². The first-order chi connectivity index (χ1) is 7.18. The Hall–Kier alpha value is -0.640. The Bertz CT molecular complexity index is 373. The predicted molar refractivity (Wildman–Crippen MR) is 63.5 cm³/mol. The number of hydrogen-bond donors (Lipinski definition) is 1. The molecule has 0 aliphatic heterocycles. The number of aromatic amines is 1. The second-order valence-corrected chi connectivity index (χ2v) is 5.24. The molecule has 0 spiro atoms. The quantitative estimate of drug-likeness (QED) is 0.780. The SMILES string of the molecule is CC(C)CCCn1c(C2CC2)n[nH]c1=S. The van der Waals surface area contributed by atoms with Gasteiger partial charge in [0.25, 0.3) is 0 Å². The third-order valence-corrected chi connectivity index (χ3v) is 3.21. The predicted octanol–water partition coefficient (Wildman–Crippen LogP) is 3.25. The molecule has 0 unspecified atom stereocenters. The van der Waals surface area contributed by atoms with Crippen molar-refractivity contribution in [3.63, 3.8) is 0 Å². The van der Waals surface area contributed by atoms with Crippen LogP contribution in [0.2, 0.25) is 0 Å². The largest absolute Gasteiger partial charge is 0.304 e. The third-order valence-electron chi connectivity index (χ3n) is 2.89. The van der Waals surface area contributed by atoms with Crippen LogP contribution >= 0.6 is 12.2 Å². The summed E-state index contributed by atoms with van der Waals surface area (Å²) in [5.74, 6) is 2.64. The van der Waals surface area contributed by atoms with Crippen molar-refractivity contribution in [1.29, 1.82) is 0 Å². The topological polar surface area (TPSA) is 33.6 Å². The van der Waals surface area contributed by atoms with Crippen molar-refractivity contribution in [1.82, 2.24) is 14.8 Å². The average Bonchev–Trinajstić information content (AvgIpc) is 2.94. The smallest absolute Gasteiger partial charge is 0.195 e. The standard InChI is InChI=1S/C11H19N3S/c1-8(2)4-3-7-14-10(9-5-6-9)12-13-11(14)15/h8-9H,3-7H2,1-2H3,(H,13,15). The van der Waals surface area contributed by atoms with Gasteiger partial charge >= 0.3 is 0 Å². The van der Waals surface area contributed by atoms with E-state index in [1.54, 1.807) is 0 Å². The highest BCUT2D eigenvalue weighted by atomic mass is 32.1. The highest BCUT2D eigenvalue weighted by molar-refractivity contribution is 7.71. The van der Waals surface area contributed by atoms with E-state index >= 15 is 0 Å². The molecular formula is C11H19N3S. The van der Waals surface area contributed by atoms with Gasteiger partial charge in [-0.25, -0.2) is 0 Å². The van der Waals surface area contributed by atoms with Crippen molar-refractivity contribution in [2.75, 3.05) is 0 Å². The molecule has 1 aromatic heterocycles. The first kappa shape index (κ1) is 10.9. The molecule has 1 aliphatic rings. The van der Waals surface area contributed by atoms with Crippen LogP contribution in [0, 0.1) is 10.7 Å². The number of hydrogen-bond acceptors (Lipinski definition) is 2. The Balaban J connectivity index is 1.99. The van der Waals surface area contributed by atoms with E-state index in [2.05, 4.69) is 28.6 Å². The number of aromatic nitrogens is 3. The van der Waals surface area contributed by atoms with Crippen LogP contribution in [0.1, 0.15) is 51.3 Å². The molecule has 3 nitrogen and oxygen atoms in total. The third kappa shape index (κ3) is 2.68. The van der Waals surface area contributed by atoms with Crippen molar-refractivity contribution in [2.45, 2.75) is 52.0 Å². The highest BCUT2D eigenvalue weighted by Gasteiger charge is 2.28. The van der Waals surface area contributed by atoms with E-state index in [0.717, 1.165) is 17.2 Å². The van der Waals surface area contributed by atoms with Crippen LogP contribution in [0.25, 0.3) is 0 Å². The molecule has 1 N–H and O–H groups in total. The average molecular weight is 225 g/mol. The van der Waals surface area contributed by atoms with E-state index in [4.69, 9.17) is 12.2 Å². The number of nitrogens with zero attached hydrogens (tertiary/aromatic N) is 2. The molecule has 2 rings (SSSR count). The maximum absolute atomic E-state index is 5.24. The van der Waals surface area contributed by atoms with Gasteiger partial charge < -0.3 is 4.57 Å². The summed E-state index contributed by atoms with van der Waals surface area (Å²) >= 11 is 5.24. The van der Waals surface area contributed by atoms with Gasteiger partial charge in [-0.2, -0.15) is 5.10 Å². The van der Waals surface area contributed by atoms with Crippen molar-refractivity contribution < 1.29 is 0 Å². The second kappa shape index (κ2) is 4.47. The summed E-state index contributed by atoms with van der Waals surface area (Å²) in [6.07, 6.45) is 5.02. The lowest BCUT2D eigenvalue weighted by molar-refractivity contribution is 0.501.